The molecule has 0 N–H and O–H groups in total. The highest BCUT2D eigenvalue weighted by molar-refractivity contribution is 5.81. The van der Waals surface area contributed by atoms with Gasteiger partial charge in [0, 0.05) is 49.9 Å². The summed E-state index contributed by atoms with van der Waals surface area (Å²) < 4.78 is 29.3. The molecule has 0 atom stereocenters. The average Bonchev–Trinajstić information content (AvgIpc) is 3.40. The summed E-state index contributed by atoms with van der Waals surface area (Å²) in [5.41, 5.74) is 0.0754. The van der Waals surface area contributed by atoms with Crippen LogP contribution in [0.15, 0.2) is 18.2 Å². The molecule has 25 heavy (non-hydrogen) atoms. The molecule has 3 rings (SSSR count). The summed E-state index contributed by atoms with van der Waals surface area (Å²) in [6.45, 7) is -0.730. The van der Waals surface area contributed by atoms with E-state index in [2.05, 4.69) is 4.74 Å². The molecule has 0 aromatic heterocycles. The van der Waals surface area contributed by atoms with E-state index in [4.69, 9.17) is 0 Å². The minimum absolute atomic E-state index is 0.164. The van der Waals surface area contributed by atoms with Crippen LogP contribution in [0.4, 0.5) is 20.2 Å². The number of hydrogen-bond donors (Lipinski definition) is 0. The molecule has 0 bridgehead atoms. The van der Waals surface area contributed by atoms with Crippen molar-refractivity contribution in [1.82, 2.24) is 4.90 Å². The maximum Gasteiger partial charge on any atom is 0.387 e. The van der Waals surface area contributed by atoms with Crippen molar-refractivity contribution in [3.8, 4) is 5.75 Å². The zero-order chi connectivity index (χ0) is 18.0. The Morgan fingerprint density at radius 3 is 2.64 bits per heavy atom. The fourth-order valence-corrected chi connectivity index (χ4v) is 3.03. The van der Waals surface area contributed by atoms with Gasteiger partial charge in [0.25, 0.3) is 0 Å². The number of amides is 1. The van der Waals surface area contributed by atoms with Gasteiger partial charge in [-0.05, 0) is 25.3 Å². The number of nitro benzene ring substituents is 1. The number of halogens is 2. The smallest absolute Gasteiger partial charge is 0.387 e. The van der Waals surface area contributed by atoms with Crippen LogP contribution in [-0.2, 0) is 4.79 Å². The molecule has 9 heteroatoms. The molecule has 1 amide bonds. The minimum Gasteiger partial charge on any atom is -0.427 e. The summed E-state index contributed by atoms with van der Waals surface area (Å²) in [7, 11) is 0. The highest BCUT2D eigenvalue weighted by atomic mass is 19.3. The van der Waals surface area contributed by atoms with E-state index < -0.39 is 23.0 Å². The van der Waals surface area contributed by atoms with Gasteiger partial charge in [0.15, 0.2) is 0 Å². The van der Waals surface area contributed by atoms with E-state index in [0.29, 0.717) is 31.9 Å². The van der Waals surface area contributed by atoms with E-state index in [1.165, 1.54) is 18.2 Å². The van der Waals surface area contributed by atoms with Gasteiger partial charge in [-0.3, -0.25) is 14.9 Å². The van der Waals surface area contributed by atoms with Crippen molar-refractivity contribution in [3.63, 3.8) is 0 Å². The molecule has 7 nitrogen and oxygen atoms in total. The number of nitrogens with zero attached hydrogens (tertiary/aromatic N) is 3. The van der Waals surface area contributed by atoms with Gasteiger partial charge in [0.1, 0.15) is 0 Å². The van der Waals surface area contributed by atoms with Crippen LogP contribution in [-0.4, -0.2) is 48.5 Å². The zero-order valence-electron chi connectivity index (χ0n) is 13.6. The van der Waals surface area contributed by atoms with Crippen LogP contribution in [0.1, 0.15) is 19.3 Å². The normalized spacial score (nSPS) is 18.2. The third kappa shape index (κ3) is 4.15. The Hall–Kier alpha value is -2.45. The molecule has 0 unspecified atom stereocenters. The van der Waals surface area contributed by atoms with Crippen LogP contribution in [0.3, 0.4) is 0 Å². The Morgan fingerprint density at radius 2 is 2.00 bits per heavy atom. The van der Waals surface area contributed by atoms with Crippen LogP contribution >= 0.6 is 0 Å². The fourth-order valence-electron chi connectivity index (χ4n) is 3.03. The standard InChI is InChI=1S/C16H19F2N3O4/c17-16(18)25-14-10-12(4-5-13(14)21(23)24)19-6-1-7-20(9-8-19)15(22)11-2-3-11/h4-5,10-11,16H,1-3,6-9H2. The molecule has 1 aliphatic carbocycles. The Kier molecular flexibility index (Phi) is 5.00. The number of carbonyl (C=O) groups is 1. The number of carbonyl (C=O) groups excluding carboxylic acids is 1. The monoisotopic (exact) mass is 355 g/mol. The van der Waals surface area contributed by atoms with Crippen molar-refractivity contribution < 1.29 is 23.2 Å². The predicted octanol–water partition coefficient (Wildman–Crippen LogP) is 2.64. The van der Waals surface area contributed by atoms with E-state index in [9.17, 15) is 23.7 Å². The number of alkyl halides is 2. The summed E-state index contributed by atoms with van der Waals surface area (Å²) in [4.78, 5) is 26.2. The number of ether oxygens (including phenoxy) is 1. The van der Waals surface area contributed by atoms with Crippen molar-refractivity contribution in [3.05, 3.63) is 28.3 Å². The summed E-state index contributed by atoms with van der Waals surface area (Å²) in [5, 5.41) is 11.0. The van der Waals surface area contributed by atoms with Crippen molar-refractivity contribution >= 4 is 17.3 Å². The van der Waals surface area contributed by atoms with E-state index >= 15 is 0 Å². The van der Waals surface area contributed by atoms with Crippen LogP contribution in [0, 0.1) is 16.0 Å². The first-order valence-electron chi connectivity index (χ1n) is 8.22. The number of nitro groups is 1. The molecule has 2 aliphatic rings. The van der Waals surface area contributed by atoms with Gasteiger partial charge in [-0.25, -0.2) is 0 Å². The lowest BCUT2D eigenvalue weighted by Gasteiger charge is -2.24. The Balaban J connectivity index is 1.74. The molecule has 0 spiro atoms. The Labute approximate surface area is 143 Å². The minimum atomic E-state index is -3.13. The molecule has 1 saturated carbocycles. The van der Waals surface area contributed by atoms with E-state index in [-0.39, 0.29) is 11.8 Å². The van der Waals surface area contributed by atoms with Crippen molar-refractivity contribution in [1.29, 1.82) is 0 Å². The van der Waals surface area contributed by atoms with Gasteiger partial charge in [0.05, 0.1) is 4.92 Å². The largest absolute Gasteiger partial charge is 0.427 e. The third-order valence-corrected chi connectivity index (χ3v) is 4.46. The van der Waals surface area contributed by atoms with E-state index in [1.54, 1.807) is 0 Å². The van der Waals surface area contributed by atoms with Crippen LogP contribution in [0.2, 0.25) is 0 Å². The zero-order valence-corrected chi connectivity index (χ0v) is 13.6. The number of benzene rings is 1. The Bertz CT molecular complexity index is 667. The second-order valence-electron chi connectivity index (χ2n) is 6.23. The lowest BCUT2D eigenvalue weighted by molar-refractivity contribution is -0.386. The number of anilines is 1. The van der Waals surface area contributed by atoms with Gasteiger partial charge in [0.2, 0.25) is 11.7 Å². The lowest BCUT2D eigenvalue weighted by atomic mass is 10.2. The number of hydrogen-bond acceptors (Lipinski definition) is 5. The van der Waals surface area contributed by atoms with E-state index in [0.717, 1.165) is 19.3 Å². The summed E-state index contributed by atoms with van der Waals surface area (Å²) in [6, 6.07) is 3.96. The molecule has 1 aromatic carbocycles. The topological polar surface area (TPSA) is 75.9 Å². The molecule has 1 aliphatic heterocycles. The quantitative estimate of drug-likeness (QED) is 0.599. The van der Waals surface area contributed by atoms with Crippen LogP contribution < -0.4 is 9.64 Å². The maximum absolute atomic E-state index is 12.5. The van der Waals surface area contributed by atoms with Gasteiger partial charge >= 0.3 is 12.3 Å². The van der Waals surface area contributed by atoms with Crippen molar-refractivity contribution in [2.75, 3.05) is 31.1 Å². The Morgan fingerprint density at radius 1 is 1.24 bits per heavy atom. The third-order valence-electron chi connectivity index (χ3n) is 4.46. The fraction of sp³-hybridized carbons (Fsp3) is 0.562. The molecule has 2 fully saturated rings. The molecule has 0 radical (unpaired) electrons. The second kappa shape index (κ2) is 7.20. The van der Waals surface area contributed by atoms with Gasteiger partial charge in [-0.1, -0.05) is 0 Å². The first-order valence-corrected chi connectivity index (χ1v) is 8.22. The van der Waals surface area contributed by atoms with Crippen molar-refractivity contribution in [2.45, 2.75) is 25.9 Å². The maximum atomic E-state index is 12.5. The predicted molar refractivity (Wildman–Crippen MR) is 85.9 cm³/mol. The van der Waals surface area contributed by atoms with Crippen molar-refractivity contribution in [2.24, 2.45) is 5.92 Å². The summed E-state index contributed by atoms with van der Waals surface area (Å²) >= 11 is 0. The lowest BCUT2D eigenvalue weighted by Crippen LogP contribution is -2.36. The highest BCUT2D eigenvalue weighted by Gasteiger charge is 2.34. The molecule has 1 aromatic rings. The first-order chi connectivity index (χ1) is 12.0. The first kappa shape index (κ1) is 17.4. The van der Waals surface area contributed by atoms with E-state index in [1.807, 2.05) is 9.80 Å². The molecule has 1 heterocycles. The molecule has 136 valence electrons. The van der Waals surface area contributed by atoms with Gasteiger partial charge in [-0.2, -0.15) is 8.78 Å². The number of rotatable bonds is 5. The second-order valence-corrected chi connectivity index (χ2v) is 6.23. The summed E-state index contributed by atoms with van der Waals surface area (Å²) in [6.07, 6.45) is 2.66. The van der Waals surface area contributed by atoms with Gasteiger partial charge < -0.3 is 14.5 Å². The SMILES string of the molecule is O=C(C1CC1)N1CCCN(c2ccc([N+](=O)[O-])c(OC(F)F)c2)CC1. The average molecular weight is 355 g/mol. The van der Waals surface area contributed by atoms with Crippen LogP contribution in [0.5, 0.6) is 5.75 Å². The molecule has 1 saturated heterocycles. The molecular formula is C16H19F2N3O4. The molecular weight excluding hydrogens is 336 g/mol. The highest BCUT2D eigenvalue weighted by Crippen LogP contribution is 2.34. The summed E-state index contributed by atoms with van der Waals surface area (Å²) in [5.74, 6) is -0.100. The van der Waals surface area contributed by atoms with Crippen LogP contribution in [0.25, 0.3) is 0 Å². The van der Waals surface area contributed by atoms with Gasteiger partial charge in [-0.15, -0.1) is 0 Å².